The lowest BCUT2D eigenvalue weighted by Crippen LogP contribution is -2.13. The maximum atomic E-state index is 11.3. The topological polar surface area (TPSA) is 82.3 Å². The van der Waals surface area contributed by atoms with Crippen LogP contribution in [-0.2, 0) is 10.0 Å². The van der Waals surface area contributed by atoms with E-state index in [2.05, 4.69) is 4.98 Å². The predicted molar refractivity (Wildman–Crippen MR) is 62.1 cm³/mol. The van der Waals surface area contributed by atoms with Crippen LogP contribution in [0.4, 0.5) is 0 Å². The second-order valence-electron chi connectivity index (χ2n) is 3.28. The number of hydrogen-bond acceptors (Lipinski definition) is 4. The molecule has 0 spiro atoms. The molecule has 0 aliphatic heterocycles. The number of para-hydroxylation sites is 1. The van der Waals surface area contributed by atoms with Gasteiger partial charge in [-0.1, -0.05) is 12.1 Å². The Morgan fingerprint density at radius 1 is 1.06 bits per heavy atom. The number of benzene rings is 1. The Bertz CT molecular complexity index is 612. The summed E-state index contributed by atoms with van der Waals surface area (Å²) in [5.41, 5.74) is 0. The van der Waals surface area contributed by atoms with Gasteiger partial charge in [0.1, 0.15) is 16.4 Å². The molecule has 0 unspecified atom stereocenters. The monoisotopic (exact) mass is 250 g/mol. The Morgan fingerprint density at radius 2 is 1.71 bits per heavy atom. The molecular weight excluding hydrogens is 240 g/mol. The number of rotatable bonds is 3. The quantitative estimate of drug-likeness (QED) is 0.895. The molecule has 0 saturated carbocycles. The van der Waals surface area contributed by atoms with Crippen LogP contribution < -0.4 is 9.88 Å². The lowest BCUT2D eigenvalue weighted by atomic mass is 10.3. The Kier molecular flexibility index (Phi) is 3.08. The van der Waals surface area contributed by atoms with Gasteiger partial charge in [0.2, 0.25) is 10.0 Å². The number of sulfonamides is 1. The first-order chi connectivity index (χ1) is 8.07. The van der Waals surface area contributed by atoms with Gasteiger partial charge in [0.25, 0.3) is 0 Å². The standard InChI is InChI=1S/C11H10N2O3S/c12-17(14,15)11-4-2-1-3-10(11)16-9-5-7-13-8-6-9/h1-8H,(H2,12,14,15). The fourth-order valence-electron chi connectivity index (χ4n) is 1.30. The smallest absolute Gasteiger partial charge is 0.241 e. The third kappa shape index (κ3) is 2.80. The van der Waals surface area contributed by atoms with Crippen LogP contribution in [0.2, 0.25) is 0 Å². The van der Waals surface area contributed by atoms with E-state index in [0.29, 0.717) is 5.75 Å². The Hall–Kier alpha value is -1.92. The van der Waals surface area contributed by atoms with E-state index in [1.54, 1.807) is 42.7 Å². The summed E-state index contributed by atoms with van der Waals surface area (Å²) >= 11 is 0. The van der Waals surface area contributed by atoms with Gasteiger partial charge in [-0.15, -0.1) is 0 Å². The molecule has 1 aromatic heterocycles. The first kappa shape index (κ1) is 11.6. The highest BCUT2D eigenvalue weighted by Crippen LogP contribution is 2.27. The van der Waals surface area contributed by atoms with Crippen molar-refractivity contribution in [2.45, 2.75) is 4.90 Å². The number of pyridine rings is 1. The van der Waals surface area contributed by atoms with Crippen LogP contribution in [0.25, 0.3) is 0 Å². The molecule has 0 fully saturated rings. The number of primary sulfonamides is 1. The molecular formula is C11H10N2O3S. The molecule has 88 valence electrons. The highest BCUT2D eigenvalue weighted by Gasteiger charge is 2.14. The van der Waals surface area contributed by atoms with Crippen molar-refractivity contribution < 1.29 is 13.2 Å². The van der Waals surface area contributed by atoms with Gasteiger partial charge in [0.15, 0.2) is 0 Å². The molecule has 2 N–H and O–H groups in total. The molecule has 0 radical (unpaired) electrons. The first-order valence-electron chi connectivity index (χ1n) is 4.77. The Labute approximate surface area is 98.9 Å². The molecule has 6 heteroatoms. The van der Waals surface area contributed by atoms with Gasteiger partial charge >= 0.3 is 0 Å². The summed E-state index contributed by atoms with van der Waals surface area (Å²) in [4.78, 5) is 3.79. The summed E-state index contributed by atoms with van der Waals surface area (Å²) in [6.45, 7) is 0. The van der Waals surface area contributed by atoms with E-state index in [0.717, 1.165) is 0 Å². The van der Waals surface area contributed by atoms with E-state index in [9.17, 15) is 8.42 Å². The van der Waals surface area contributed by atoms with Crippen LogP contribution in [0, 0.1) is 0 Å². The van der Waals surface area contributed by atoms with Gasteiger partial charge in [-0.25, -0.2) is 13.6 Å². The summed E-state index contributed by atoms with van der Waals surface area (Å²) in [7, 11) is -3.79. The van der Waals surface area contributed by atoms with Gasteiger partial charge in [-0.2, -0.15) is 0 Å². The molecule has 1 aromatic carbocycles. The summed E-state index contributed by atoms with van der Waals surface area (Å²) in [5, 5.41) is 5.09. The fraction of sp³-hybridized carbons (Fsp3) is 0. The van der Waals surface area contributed by atoms with Crippen molar-refractivity contribution in [3.8, 4) is 11.5 Å². The summed E-state index contributed by atoms with van der Waals surface area (Å²) in [5.74, 6) is 0.692. The third-order valence-electron chi connectivity index (χ3n) is 2.03. The van der Waals surface area contributed by atoms with Crippen LogP contribution >= 0.6 is 0 Å². The minimum atomic E-state index is -3.79. The van der Waals surface area contributed by atoms with Crippen LogP contribution in [0.15, 0.2) is 53.7 Å². The Morgan fingerprint density at radius 3 is 2.35 bits per heavy atom. The summed E-state index contributed by atoms with van der Waals surface area (Å²) < 4.78 is 28.1. The molecule has 0 atom stereocenters. The first-order valence-corrected chi connectivity index (χ1v) is 6.32. The molecule has 0 aliphatic rings. The SMILES string of the molecule is NS(=O)(=O)c1ccccc1Oc1ccncc1. The van der Waals surface area contributed by atoms with Gasteiger partial charge in [-0.05, 0) is 24.3 Å². The number of aromatic nitrogens is 1. The molecule has 0 bridgehead atoms. The van der Waals surface area contributed by atoms with E-state index < -0.39 is 10.0 Å². The molecule has 0 amide bonds. The molecule has 1 heterocycles. The minimum Gasteiger partial charge on any atom is -0.456 e. The van der Waals surface area contributed by atoms with E-state index in [-0.39, 0.29) is 10.6 Å². The fourth-order valence-corrected chi connectivity index (χ4v) is 1.96. The van der Waals surface area contributed by atoms with Crippen molar-refractivity contribution in [1.29, 1.82) is 0 Å². The van der Waals surface area contributed by atoms with Crippen molar-refractivity contribution in [3.63, 3.8) is 0 Å². The van der Waals surface area contributed by atoms with Gasteiger partial charge in [0, 0.05) is 12.4 Å². The number of ether oxygens (including phenoxy) is 1. The zero-order valence-corrected chi connectivity index (χ0v) is 9.59. The molecule has 0 saturated heterocycles. The largest absolute Gasteiger partial charge is 0.456 e. The maximum absolute atomic E-state index is 11.3. The van der Waals surface area contributed by atoms with E-state index >= 15 is 0 Å². The van der Waals surface area contributed by atoms with Crippen LogP contribution in [0.3, 0.4) is 0 Å². The molecule has 17 heavy (non-hydrogen) atoms. The van der Waals surface area contributed by atoms with Crippen molar-refractivity contribution >= 4 is 10.0 Å². The normalized spacial score (nSPS) is 11.1. The molecule has 2 aromatic rings. The average molecular weight is 250 g/mol. The van der Waals surface area contributed by atoms with Gasteiger partial charge < -0.3 is 4.74 Å². The van der Waals surface area contributed by atoms with E-state index in [1.807, 2.05) is 0 Å². The van der Waals surface area contributed by atoms with Gasteiger partial charge in [-0.3, -0.25) is 4.98 Å². The Balaban J connectivity index is 2.41. The number of nitrogens with two attached hydrogens (primary N) is 1. The minimum absolute atomic E-state index is 0.0446. The highest BCUT2D eigenvalue weighted by molar-refractivity contribution is 7.89. The highest BCUT2D eigenvalue weighted by atomic mass is 32.2. The zero-order valence-electron chi connectivity index (χ0n) is 8.78. The van der Waals surface area contributed by atoms with Gasteiger partial charge in [0.05, 0.1) is 0 Å². The summed E-state index contributed by atoms with van der Waals surface area (Å²) in [6.07, 6.45) is 3.10. The van der Waals surface area contributed by atoms with Crippen molar-refractivity contribution in [1.82, 2.24) is 4.98 Å². The zero-order chi connectivity index (χ0) is 12.3. The molecule has 5 nitrogen and oxygen atoms in total. The van der Waals surface area contributed by atoms with Crippen LogP contribution in [-0.4, -0.2) is 13.4 Å². The molecule has 2 rings (SSSR count). The van der Waals surface area contributed by atoms with Crippen molar-refractivity contribution in [3.05, 3.63) is 48.8 Å². The van der Waals surface area contributed by atoms with Crippen LogP contribution in [0.1, 0.15) is 0 Å². The lowest BCUT2D eigenvalue weighted by Gasteiger charge is -2.08. The van der Waals surface area contributed by atoms with Crippen LogP contribution in [0.5, 0.6) is 11.5 Å². The number of nitrogens with zero attached hydrogens (tertiary/aromatic N) is 1. The average Bonchev–Trinajstić information content (AvgIpc) is 2.30. The predicted octanol–water partition coefficient (Wildman–Crippen LogP) is 1.52. The third-order valence-corrected chi connectivity index (χ3v) is 2.98. The second-order valence-corrected chi connectivity index (χ2v) is 4.81. The lowest BCUT2D eigenvalue weighted by molar-refractivity contribution is 0.467. The van der Waals surface area contributed by atoms with Crippen molar-refractivity contribution in [2.24, 2.45) is 5.14 Å². The molecule has 0 aliphatic carbocycles. The summed E-state index contributed by atoms with van der Waals surface area (Å²) in [6, 6.07) is 9.44. The van der Waals surface area contributed by atoms with Crippen molar-refractivity contribution in [2.75, 3.05) is 0 Å². The number of hydrogen-bond donors (Lipinski definition) is 1. The maximum Gasteiger partial charge on any atom is 0.241 e. The van der Waals surface area contributed by atoms with E-state index in [1.165, 1.54) is 6.07 Å². The second kappa shape index (κ2) is 4.52. The van der Waals surface area contributed by atoms with E-state index in [4.69, 9.17) is 9.88 Å².